The SMILES string of the molecule is CC1CNCCCN1C(=O)c1ccc(F)c(F)c1F. The number of nitrogens with one attached hydrogen (secondary N) is 1. The maximum Gasteiger partial charge on any atom is 0.257 e. The van der Waals surface area contributed by atoms with Crippen LogP contribution >= 0.6 is 0 Å². The van der Waals surface area contributed by atoms with Gasteiger partial charge in [-0.2, -0.15) is 0 Å². The van der Waals surface area contributed by atoms with Crippen molar-refractivity contribution in [1.29, 1.82) is 0 Å². The molecule has 19 heavy (non-hydrogen) atoms. The summed E-state index contributed by atoms with van der Waals surface area (Å²) in [5.74, 6) is -4.92. The summed E-state index contributed by atoms with van der Waals surface area (Å²) in [5.41, 5.74) is -0.423. The van der Waals surface area contributed by atoms with Gasteiger partial charge in [-0.05, 0) is 32.0 Å². The Hall–Kier alpha value is -1.56. The van der Waals surface area contributed by atoms with Crippen LogP contribution in [0.25, 0.3) is 0 Å². The molecule has 1 aliphatic heterocycles. The molecule has 1 aromatic rings. The lowest BCUT2D eigenvalue weighted by Gasteiger charge is -2.27. The van der Waals surface area contributed by atoms with Gasteiger partial charge in [0.15, 0.2) is 17.5 Å². The second-order valence-corrected chi connectivity index (χ2v) is 4.63. The van der Waals surface area contributed by atoms with E-state index in [2.05, 4.69) is 5.32 Å². The first kappa shape index (κ1) is 13.9. The van der Waals surface area contributed by atoms with E-state index in [1.54, 1.807) is 0 Å². The van der Waals surface area contributed by atoms with Crippen LogP contribution in [0, 0.1) is 17.5 Å². The van der Waals surface area contributed by atoms with E-state index < -0.39 is 28.9 Å². The standard InChI is InChI=1S/C13H15F3N2O/c1-8-7-17-5-2-6-18(8)13(19)9-3-4-10(14)12(16)11(9)15/h3-4,8,17H,2,5-7H2,1H3. The van der Waals surface area contributed by atoms with E-state index in [4.69, 9.17) is 0 Å². The van der Waals surface area contributed by atoms with Crippen LogP contribution in [0.2, 0.25) is 0 Å². The van der Waals surface area contributed by atoms with Gasteiger partial charge in [0, 0.05) is 19.1 Å². The van der Waals surface area contributed by atoms with Gasteiger partial charge in [0.25, 0.3) is 5.91 Å². The summed E-state index contributed by atoms with van der Waals surface area (Å²) in [7, 11) is 0. The molecule has 1 amide bonds. The van der Waals surface area contributed by atoms with E-state index in [9.17, 15) is 18.0 Å². The zero-order valence-corrected chi connectivity index (χ0v) is 10.5. The van der Waals surface area contributed by atoms with Crippen LogP contribution in [0.4, 0.5) is 13.2 Å². The van der Waals surface area contributed by atoms with Gasteiger partial charge in [0.1, 0.15) is 0 Å². The van der Waals surface area contributed by atoms with Crippen LogP contribution in [0.5, 0.6) is 0 Å². The Morgan fingerprint density at radius 2 is 2.05 bits per heavy atom. The number of halogens is 3. The fourth-order valence-electron chi connectivity index (χ4n) is 2.16. The van der Waals surface area contributed by atoms with Crippen LogP contribution in [-0.2, 0) is 0 Å². The molecule has 1 heterocycles. The second kappa shape index (κ2) is 5.61. The highest BCUT2D eigenvalue weighted by molar-refractivity contribution is 5.94. The van der Waals surface area contributed by atoms with Crippen molar-refractivity contribution in [2.45, 2.75) is 19.4 Å². The Bertz CT molecular complexity index is 493. The molecule has 0 aromatic heterocycles. The highest BCUT2D eigenvalue weighted by Gasteiger charge is 2.27. The third-order valence-electron chi connectivity index (χ3n) is 3.25. The first-order valence-electron chi connectivity index (χ1n) is 6.17. The Morgan fingerprint density at radius 3 is 2.79 bits per heavy atom. The Kier molecular flexibility index (Phi) is 4.09. The van der Waals surface area contributed by atoms with Gasteiger partial charge in [0.2, 0.25) is 0 Å². The lowest BCUT2D eigenvalue weighted by atomic mass is 10.1. The minimum atomic E-state index is -1.61. The maximum atomic E-state index is 13.6. The monoisotopic (exact) mass is 272 g/mol. The van der Waals surface area contributed by atoms with Crippen molar-refractivity contribution in [2.24, 2.45) is 0 Å². The van der Waals surface area contributed by atoms with Crippen molar-refractivity contribution >= 4 is 5.91 Å². The first-order chi connectivity index (χ1) is 9.02. The summed E-state index contributed by atoms with van der Waals surface area (Å²) in [6, 6.07) is 1.63. The van der Waals surface area contributed by atoms with E-state index in [-0.39, 0.29) is 6.04 Å². The average molecular weight is 272 g/mol. The quantitative estimate of drug-likeness (QED) is 0.792. The molecule has 0 spiro atoms. The maximum absolute atomic E-state index is 13.6. The van der Waals surface area contributed by atoms with Gasteiger partial charge in [-0.15, -0.1) is 0 Å². The van der Waals surface area contributed by atoms with Crippen molar-refractivity contribution in [2.75, 3.05) is 19.6 Å². The molecule has 1 fully saturated rings. The van der Waals surface area contributed by atoms with Crippen LogP contribution in [-0.4, -0.2) is 36.5 Å². The largest absolute Gasteiger partial charge is 0.335 e. The molecule has 0 radical (unpaired) electrons. The lowest BCUT2D eigenvalue weighted by molar-refractivity contribution is 0.0700. The molecule has 6 heteroatoms. The zero-order chi connectivity index (χ0) is 14.0. The van der Waals surface area contributed by atoms with E-state index >= 15 is 0 Å². The van der Waals surface area contributed by atoms with Gasteiger partial charge in [0.05, 0.1) is 5.56 Å². The molecule has 1 aliphatic rings. The van der Waals surface area contributed by atoms with Crippen molar-refractivity contribution in [3.8, 4) is 0 Å². The molecule has 1 aromatic carbocycles. The Balaban J connectivity index is 2.30. The van der Waals surface area contributed by atoms with E-state index in [1.165, 1.54) is 4.90 Å². The lowest BCUT2D eigenvalue weighted by Crippen LogP contribution is -2.42. The van der Waals surface area contributed by atoms with Crippen LogP contribution < -0.4 is 5.32 Å². The van der Waals surface area contributed by atoms with E-state index in [0.717, 1.165) is 25.1 Å². The highest BCUT2D eigenvalue weighted by atomic mass is 19.2. The summed E-state index contributed by atoms with van der Waals surface area (Å²) in [4.78, 5) is 13.7. The third-order valence-corrected chi connectivity index (χ3v) is 3.25. The number of rotatable bonds is 1. The second-order valence-electron chi connectivity index (χ2n) is 4.63. The molecule has 1 atom stereocenters. The van der Waals surface area contributed by atoms with Gasteiger partial charge in [-0.1, -0.05) is 0 Å². The summed E-state index contributed by atoms with van der Waals surface area (Å²) < 4.78 is 39.6. The fourth-order valence-corrected chi connectivity index (χ4v) is 2.16. The minimum Gasteiger partial charge on any atom is -0.335 e. The van der Waals surface area contributed by atoms with Crippen LogP contribution in [0.1, 0.15) is 23.7 Å². The van der Waals surface area contributed by atoms with Crippen molar-refractivity contribution in [1.82, 2.24) is 10.2 Å². The molecule has 0 saturated carbocycles. The van der Waals surface area contributed by atoms with Crippen LogP contribution in [0.15, 0.2) is 12.1 Å². The van der Waals surface area contributed by atoms with Crippen LogP contribution in [0.3, 0.4) is 0 Å². The molecule has 1 saturated heterocycles. The number of carbonyl (C=O) groups is 1. The predicted octanol–water partition coefficient (Wildman–Crippen LogP) is 1.93. The smallest absolute Gasteiger partial charge is 0.257 e. The van der Waals surface area contributed by atoms with Crippen molar-refractivity contribution in [3.05, 3.63) is 35.1 Å². The average Bonchev–Trinajstić information content (AvgIpc) is 2.60. The van der Waals surface area contributed by atoms with Crippen molar-refractivity contribution < 1.29 is 18.0 Å². The summed E-state index contributed by atoms with van der Waals surface area (Å²) in [6.45, 7) is 3.66. The fraction of sp³-hybridized carbons (Fsp3) is 0.462. The first-order valence-corrected chi connectivity index (χ1v) is 6.17. The topological polar surface area (TPSA) is 32.3 Å². The number of hydrogen-bond acceptors (Lipinski definition) is 2. The van der Waals surface area contributed by atoms with Gasteiger partial charge in [-0.3, -0.25) is 4.79 Å². The van der Waals surface area contributed by atoms with Crippen molar-refractivity contribution in [3.63, 3.8) is 0 Å². The minimum absolute atomic E-state index is 0.123. The normalized spacial score (nSPS) is 20.2. The van der Waals surface area contributed by atoms with E-state index in [0.29, 0.717) is 13.1 Å². The highest BCUT2D eigenvalue weighted by Crippen LogP contribution is 2.18. The predicted molar refractivity (Wildman–Crippen MR) is 64.3 cm³/mol. The molecular weight excluding hydrogens is 257 g/mol. The molecule has 2 rings (SSSR count). The summed E-state index contributed by atoms with van der Waals surface area (Å²) in [6.07, 6.45) is 0.737. The molecule has 0 aliphatic carbocycles. The van der Waals surface area contributed by atoms with E-state index in [1.807, 2.05) is 6.92 Å². The van der Waals surface area contributed by atoms with Gasteiger partial charge in [-0.25, -0.2) is 13.2 Å². The molecule has 3 nitrogen and oxygen atoms in total. The Labute approximate surface area is 109 Å². The van der Waals surface area contributed by atoms with Gasteiger partial charge >= 0.3 is 0 Å². The number of carbonyl (C=O) groups excluding carboxylic acids is 1. The molecule has 1 N–H and O–H groups in total. The zero-order valence-electron chi connectivity index (χ0n) is 10.5. The number of hydrogen-bond donors (Lipinski definition) is 1. The molecule has 0 bridgehead atoms. The summed E-state index contributed by atoms with van der Waals surface area (Å²) in [5, 5.41) is 3.15. The number of nitrogens with zero attached hydrogens (tertiary/aromatic N) is 1. The molecule has 104 valence electrons. The summed E-state index contributed by atoms with van der Waals surface area (Å²) >= 11 is 0. The number of benzene rings is 1. The van der Waals surface area contributed by atoms with Gasteiger partial charge < -0.3 is 10.2 Å². The third kappa shape index (κ3) is 2.73. The Morgan fingerprint density at radius 1 is 1.32 bits per heavy atom. The number of amides is 1. The molecule has 1 unspecified atom stereocenters. The molecular formula is C13H15F3N2O.